The highest BCUT2D eigenvalue weighted by Crippen LogP contribution is 2.32. The number of hydrogen-bond acceptors (Lipinski definition) is 4. The second kappa shape index (κ2) is 5.32. The van der Waals surface area contributed by atoms with E-state index in [1.54, 1.807) is 29.1 Å². The van der Waals surface area contributed by atoms with Gasteiger partial charge in [0.15, 0.2) is 5.84 Å². The lowest BCUT2D eigenvalue weighted by atomic mass is 10.2. The first kappa shape index (κ1) is 12.8. The fraction of sp³-hybridized carbons (Fsp3) is 0.0909. The zero-order valence-corrected chi connectivity index (χ0v) is 11.1. The summed E-state index contributed by atoms with van der Waals surface area (Å²) in [5.74, 6) is 0.0538. The third kappa shape index (κ3) is 2.77. The quantitative estimate of drug-likeness (QED) is 0.392. The third-order valence-electron chi connectivity index (χ3n) is 2.24. The molecule has 0 aliphatic carbocycles. The van der Waals surface area contributed by atoms with Crippen molar-refractivity contribution >= 4 is 29.2 Å². The monoisotopic (exact) mass is 282 g/mol. The number of halogens is 1. The van der Waals surface area contributed by atoms with E-state index >= 15 is 0 Å². The Labute approximate surface area is 113 Å². The molecule has 0 radical (unpaired) electrons. The summed E-state index contributed by atoms with van der Waals surface area (Å²) < 4.78 is 1.70. The maximum absolute atomic E-state index is 8.76. The van der Waals surface area contributed by atoms with Gasteiger partial charge in [-0.1, -0.05) is 28.5 Å². The van der Waals surface area contributed by atoms with Crippen molar-refractivity contribution in [1.29, 1.82) is 0 Å². The average Bonchev–Trinajstić information content (AvgIpc) is 2.74. The summed E-state index contributed by atoms with van der Waals surface area (Å²) in [6, 6.07) is 5.19. The van der Waals surface area contributed by atoms with Crippen molar-refractivity contribution in [2.75, 3.05) is 0 Å². The Balaban J connectivity index is 2.39. The van der Waals surface area contributed by atoms with Gasteiger partial charge in [-0.2, -0.15) is 5.10 Å². The van der Waals surface area contributed by atoms with Crippen LogP contribution < -0.4 is 5.73 Å². The first-order valence-corrected chi connectivity index (χ1v) is 6.23. The first-order valence-electron chi connectivity index (χ1n) is 5.04. The van der Waals surface area contributed by atoms with E-state index in [1.807, 2.05) is 13.2 Å². The summed E-state index contributed by atoms with van der Waals surface area (Å²) in [6.45, 7) is 0. The molecule has 2 rings (SSSR count). The van der Waals surface area contributed by atoms with E-state index in [4.69, 9.17) is 22.5 Å². The second-order valence-electron chi connectivity index (χ2n) is 3.58. The van der Waals surface area contributed by atoms with Gasteiger partial charge < -0.3 is 10.9 Å². The van der Waals surface area contributed by atoms with Crippen LogP contribution in [-0.4, -0.2) is 20.8 Å². The number of aromatic nitrogens is 2. The van der Waals surface area contributed by atoms with E-state index in [9.17, 15) is 0 Å². The topological polar surface area (TPSA) is 76.4 Å². The number of aryl methyl sites for hydroxylation is 1. The van der Waals surface area contributed by atoms with Gasteiger partial charge in [0.1, 0.15) is 0 Å². The van der Waals surface area contributed by atoms with Crippen molar-refractivity contribution in [3.05, 3.63) is 41.2 Å². The number of benzene rings is 1. The highest BCUT2D eigenvalue weighted by atomic mass is 35.5. The molecule has 94 valence electrons. The maximum Gasteiger partial charge on any atom is 0.171 e. The Bertz CT molecular complexity index is 596. The highest BCUT2D eigenvalue weighted by molar-refractivity contribution is 7.99. The minimum atomic E-state index is 0.0538. The summed E-state index contributed by atoms with van der Waals surface area (Å²) in [7, 11) is 1.84. The van der Waals surface area contributed by atoms with Crippen molar-refractivity contribution in [1.82, 2.24) is 9.78 Å². The lowest BCUT2D eigenvalue weighted by Gasteiger charge is -2.07. The SMILES string of the molecule is Cn1cc(Sc2cc(Cl)ccc2C(N)=NO)cn1. The van der Waals surface area contributed by atoms with E-state index in [1.165, 1.54) is 11.8 Å². The molecule has 0 unspecified atom stereocenters. The van der Waals surface area contributed by atoms with Gasteiger partial charge >= 0.3 is 0 Å². The smallest absolute Gasteiger partial charge is 0.171 e. The Kier molecular flexibility index (Phi) is 3.78. The zero-order valence-electron chi connectivity index (χ0n) is 9.54. The molecule has 0 saturated heterocycles. The van der Waals surface area contributed by atoms with Crippen LogP contribution >= 0.6 is 23.4 Å². The lowest BCUT2D eigenvalue weighted by molar-refractivity contribution is 0.318. The van der Waals surface area contributed by atoms with Crippen LogP contribution in [0, 0.1) is 0 Å². The van der Waals surface area contributed by atoms with Gasteiger partial charge in [-0.3, -0.25) is 4.68 Å². The molecule has 2 aromatic rings. The molecule has 0 spiro atoms. The Hall–Kier alpha value is -1.66. The molecule has 1 aromatic carbocycles. The van der Waals surface area contributed by atoms with E-state index in [0.29, 0.717) is 10.6 Å². The number of oxime groups is 1. The summed E-state index contributed by atoms with van der Waals surface area (Å²) in [4.78, 5) is 1.76. The van der Waals surface area contributed by atoms with Gasteiger partial charge in [-0.25, -0.2) is 0 Å². The molecule has 0 saturated carbocycles. The number of hydrogen-bond donors (Lipinski definition) is 2. The van der Waals surface area contributed by atoms with E-state index < -0.39 is 0 Å². The molecule has 18 heavy (non-hydrogen) atoms. The van der Waals surface area contributed by atoms with Crippen LogP contribution in [-0.2, 0) is 7.05 Å². The van der Waals surface area contributed by atoms with E-state index in [2.05, 4.69) is 10.3 Å². The Morgan fingerprint density at radius 3 is 2.94 bits per heavy atom. The molecule has 0 amide bonds. The molecule has 0 fully saturated rings. The fourth-order valence-electron chi connectivity index (χ4n) is 1.42. The predicted molar refractivity (Wildman–Crippen MR) is 71.3 cm³/mol. The van der Waals surface area contributed by atoms with E-state index in [-0.39, 0.29) is 5.84 Å². The Morgan fingerprint density at radius 1 is 1.56 bits per heavy atom. The molecule has 1 aromatic heterocycles. The molecule has 0 atom stereocenters. The third-order valence-corrected chi connectivity index (χ3v) is 3.48. The lowest BCUT2D eigenvalue weighted by Crippen LogP contribution is -2.14. The minimum absolute atomic E-state index is 0.0538. The molecule has 5 nitrogen and oxygen atoms in total. The molecule has 0 aliphatic rings. The highest BCUT2D eigenvalue weighted by Gasteiger charge is 2.10. The second-order valence-corrected chi connectivity index (χ2v) is 5.13. The number of rotatable bonds is 3. The molecule has 1 heterocycles. The summed E-state index contributed by atoms with van der Waals surface area (Å²) in [5.41, 5.74) is 6.26. The van der Waals surface area contributed by atoms with Crippen LogP contribution in [0.25, 0.3) is 0 Å². The molecule has 0 bridgehead atoms. The summed E-state index contributed by atoms with van der Waals surface area (Å²) >= 11 is 7.41. The minimum Gasteiger partial charge on any atom is -0.409 e. The number of nitrogens with zero attached hydrogens (tertiary/aromatic N) is 3. The van der Waals surface area contributed by atoms with Gasteiger partial charge in [-0.15, -0.1) is 0 Å². The van der Waals surface area contributed by atoms with Crippen molar-refractivity contribution in [2.24, 2.45) is 17.9 Å². The van der Waals surface area contributed by atoms with E-state index in [0.717, 1.165) is 9.79 Å². The summed E-state index contributed by atoms with van der Waals surface area (Å²) in [6.07, 6.45) is 3.61. The van der Waals surface area contributed by atoms with Crippen LogP contribution in [0.5, 0.6) is 0 Å². The largest absolute Gasteiger partial charge is 0.409 e. The van der Waals surface area contributed by atoms with Crippen LogP contribution in [0.1, 0.15) is 5.56 Å². The standard InChI is InChI=1S/C11H11ClN4OS/c1-16-6-8(5-14-16)18-10-4-7(12)2-3-9(10)11(13)15-17/h2-6,17H,1H3,(H2,13,15). The molecule has 0 aliphatic heterocycles. The first-order chi connectivity index (χ1) is 8.60. The zero-order chi connectivity index (χ0) is 13.1. The normalized spacial score (nSPS) is 11.8. The van der Waals surface area contributed by atoms with Crippen molar-refractivity contribution < 1.29 is 5.21 Å². The maximum atomic E-state index is 8.76. The molecular formula is C11H11ClN4OS. The van der Waals surface area contributed by atoms with Crippen molar-refractivity contribution in [3.63, 3.8) is 0 Å². The van der Waals surface area contributed by atoms with Crippen LogP contribution in [0.15, 0.2) is 45.5 Å². The van der Waals surface area contributed by atoms with Gasteiger partial charge in [-0.05, 0) is 18.2 Å². The van der Waals surface area contributed by atoms with Crippen LogP contribution in [0.4, 0.5) is 0 Å². The van der Waals surface area contributed by atoms with Crippen molar-refractivity contribution in [3.8, 4) is 0 Å². The average molecular weight is 283 g/mol. The summed E-state index contributed by atoms with van der Waals surface area (Å²) in [5, 5.41) is 16.4. The van der Waals surface area contributed by atoms with Gasteiger partial charge in [0.2, 0.25) is 0 Å². The van der Waals surface area contributed by atoms with Crippen LogP contribution in [0.2, 0.25) is 5.02 Å². The number of nitrogens with two attached hydrogens (primary N) is 1. The van der Waals surface area contributed by atoms with Gasteiger partial charge in [0, 0.05) is 28.7 Å². The molecular weight excluding hydrogens is 272 g/mol. The van der Waals surface area contributed by atoms with Gasteiger partial charge in [0.25, 0.3) is 0 Å². The molecule has 7 heteroatoms. The van der Waals surface area contributed by atoms with Crippen LogP contribution in [0.3, 0.4) is 0 Å². The fourth-order valence-corrected chi connectivity index (χ4v) is 2.69. The predicted octanol–water partition coefficient (Wildman–Crippen LogP) is 2.32. The van der Waals surface area contributed by atoms with Crippen molar-refractivity contribution in [2.45, 2.75) is 9.79 Å². The Morgan fingerprint density at radius 2 is 2.33 bits per heavy atom. The number of amidine groups is 1. The van der Waals surface area contributed by atoms with Gasteiger partial charge in [0.05, 0.1) is 11.1 Å². The molecule has 3 N–H and O–H groups in total.